The monoisotopic (exact) mass is 385 g/mol. The lowest BCUT2D eigenvalue weighted by atomic mass is 10.2. The molecular weight excluding hydrogens is 366 g/mol. The Bertz CT molecular complexity index is 955. The highest BCUT2D eigenvalue weighted by Crippen LogP contribution is 2.31. The van der Waals surface area contributed by atoms with Gasteiger partial charge < -0.3 is 14.4 Å². The zero-order chi connectivity index (χ0) is 19.4. The first-order valence-corrected chi connectivity index (χ1v) is 8.67. The number of ether oxygens (including phenoxy) is 2. The van der Waals surface area contributed by atoms with E-state index in [1.54, 1.807) is 61.4 Å². The van der Waals surface area contributed by atoms with E-state index in [4.69, 9.17) is 21.1 Å². The minimum atomic E-state index is -0.173. The van der Waals surface area contributed by atoms with Crippen LogP contribution in [0.1, 0.15) is 15.9 Å². The Labute approximate surface area is 162 Å². The average molecular weight is 386 g/mol. The normalized spacial score (nSPS) is 10.5. The summed E-state index contributed by atoms with van der Waals surface area (Å²) in [4.78, 5) is 14.3. The van der Waals surface area contributed by atoms with Crippen molar-refractivity contribution in [2.45, 2.75) is 6.54 Å². The van der Waals surface area contributed by atoms with Crippen LogP contribution < -0.4 is 14.4 Å². The summed E-state index contributed by atoms with van der Waals surface area (Å²) in [7, 11) is 4.83. The highest BCUT2D eigenvalue weighted by molar-refractivity contribution is 6.31. The third kappa shape index (κ3) is 4.06. The van der Waals surface area contributed by atoms with Gasteiger partial charge in [0.05, 0.1) is 32.5 Å². The molecule has 0 fully saturated rings. The molecule has 3 aromatic rings. The van der Waals surface area contributed by atoms with E-state index >= 15 is 0 Å². The molecule has 0 aliphatic carbocycles. The number of rotatable bonds is 6. The fourth-order valence-corrected chi connectivity index (χ4v) is 2.90. The van der Waals surface area contributed by atoms with Crippen molar-refractivity contribution in [1.29, 1.82) is 0 Å². The van der Waals surface area contributed by atoms with Gasteiger partial charge in [-0.15, -0.1) is 0 Å². The van der Waals surface area contributed by atoms with Crippen LogP contribution in [-0.2, 0) is 6.54 Å². The van der Waals surface area contributed by atoms with Crippen molar-refractivity contribution in [2.75, 3.05) is 26.2 Å². The summed E-state index contributed by atoms with van der Waals surface area (Å²) in [6.07, 6.45) is 3.26. The van der Waals surface area contributed by atoms with Crippen LogP contribution in [-0.4, -0.2) is 37.0 Å². The number of methoxy groups -OCH3 is 2. The molecule has 1 amide bonds. The first-order chi connectivity index (χ1) is 13.0. The summed E-state index contributed by atoms with van der Waals surface area (Å²) in [5, 5.41) is 4.95. The van der Waals surface area contributed by atoms with E-state index in [2.05, 4.69) is 5.10 Å². The summed E-state index contributed by atoms with van der Waals surface area (Å²) in [5.74, 6) is 0.992. The molecule has 3 rings (SSSR count). The van der Waals surface area contributed by atoms with E-state index in [1.807, 2.05) is 24.3 Å². The van der Waals surface area contributed by atoms with Gasteiger partial charge in [-0.1, -0.05) is 29.8 Å². The van der Waals surface area contributed by atoms with Crippen LogP contribution in [0.25, 0.3) is 0 Å². The van der Waals surface area contributed by atoms with Gasteiger partial charge in [0.15, 0.2) is 11.5 Å². The third-order valence-corrected chi connectivity index (χ3v) is 4.60. The Morgan fingerprint density at radius 3 is 2.59 bits per heavy atom. The third-order valence-electron chi connectivity index (χ3n) is 4.23. The minimum absolute atomic E-state index is 0.173. The lowest BCUT2D eigenvalue weighted by molar-refractivity contribution is 0.0993. The highest BCUT2D eigenvalue weighted by Gasteiger charge is 2.17. The Hall–Kier alpha value is -2.99. The van der Waals surface area contributed by atoms with Crippen molar-refractivity contribution < 1.29 is 14.3 Å². The molecule has 0 bridgehead atoms. The zero-order valence-corrected chi connectivity index (χ0v) is 16.1. The van der Waals surface area contributed by atoms with Crippen LogP contribution >= 0.6 is 11.6 Å². The molecular formula is C20H20ClN3O3. The van der Waals surface area contributed by atoms with Crippen LogP contribution in [0.4, 0.5) is 5.69 Å². The van der Waals surface area contributed by atoms with Crippen molar-refractivity contribution in [3.05, 3.63) is 71.0 Å². The molecule has 140 valence electrons. The Balaban J connectivity index is 1.78. The molecule has 2 aromatic carbocycles. The molecule has 27 heavy (non-hydrogen) atoms. The lowest BCUT2D eigenvalue weighted by Gasteiger charge is -2.18. The van der Waals surface area contributed by atoms with Crippen molar-refractivity contribution in [3.8, 4) is 11.5 Å². The van der Waals surface area contributed by atoms with Crippen molar-refractivity contribution in [1.82, 2.24) is 9.78 Å². The zero-order valence-electron chi connectivity index (χ0n) is 15.3. The summed E-state index contributed by atoms with van der Waals surface area (Å²) >= 11 is 6.19. The summed E-state index contributed by atoms with van der Waals surface area (Å²) in [6.45, 7) is 0.493. The molecule has 0 atom stereocenters. The van der Waals surface area contributed by atoms with E-state index in [-0.39, 0.29) is 5.91 Å². The highest BCUT2D eigenvalue weighted by atomic mass is 35.5. The maximum absolute atomic E-state index is 12.8. The first-order valence-electron chi connectivity index (χ1n) is 8.29. The molecule has 0 saturated heterocycles. The lowest BCUT2D eigenvalue weighted by Crippen LogP contribution is -2.25. The van der Waals surface area contributed by atoms with Gasteiger partial charge in [-0.2, -0.15) is 5.10 Å². The number of carbonyl (C=O) groups is 1. The smallest absolute Gasteiger partial charge is 0.261 e. The quantitative estimate of drug-likeness (QED) is 0.646. The second-order valence-corrected chi connectivity index (χ2v) is 6.33. The van der Waals surface area contributed by atoms with Crippen LogP contribution in [0, 0.1) is 0 Å². The molecule has 6 nitrogen and oxygen atoms in total. The van der Waals surface area contributed by atoms with E-state index in [0.717, 1.165) is 5.56 Å². The Morgan fingerprint density at radius 2 is 1.89 bits per heavy atom. The Kier molecular flexibility index (Phi) is 5.66. The maximum atomic E-state index is 12.8. The minimum Gasteiger partial charge on any atom is -0.493 e. The van der Waals surface area contributed by atoms with Gasteiger partial charge in [0.1, 0.15) is 0 Å². The van der Waals surface area contributed by atoms with Gasteiger partial charge in [-0.3, -0.25) is 9.48 Å². The van der Waals surface area contributed by atoms with Crippen molar-refractivity contribution in [3.63, 3.8) is 0 Å². The first kappa shape index (κ1) is 18.8. The summed E-state index contributed by atoms with van der Waals surface area (Å²) in [5.41, 5.74) is 2.12. The molecule has 0 radical (unpaired) electrons. The number of amides is 1. The number of hydrogen-bond donors (Lipinski definition) is 0. The van der Waals surface area contributed by atoms with Crippen LogP contribution in [0.2, 0.25) is 5.02 Å². The number of anilines is 1. The topological polar surface area (TPSA) is 56.6 Å². The van der Waals surface area contributed by atoms with Gasteiger partial charge in [0.25, 0.3) is 5.91 Å². The van der Waals surface area contributed by atoms with Crippen molar-refractivity contribution in [2.24, 2.45) is 0 Å². The summed E-state index contributed by atoms with van der Waals surface area (Å²) in [6, 6.07) is 12.9. The molecule has 0 aliphatic rings. The second kappa shape index (κ2) is 8.14. The average Bonchev–Trinajstić information content (AvgIpc) is 3.16. The van der Waals surface area contributed by atoms with E-state index in [1.165, 1.54) is 0 Å². The standard InChI is InChI=1S/C20H20ClN3O3/c1-23(16-8-9-18(26-2)19(10-16)27-3)20(25)15-11-22-24(13-15)12-14-6-4-5-7-17(14)21/h4-11,13H,12H2,1-3H3. The van der Waals surface area contributed by atoms with Gasteiger partial charge in [-0.05, 0) is 23.8 Å². The van der Waals surface area contributed by atoms with Gasteiger partial charge in [0, 0.05) is 30.0 Å². The van der Waals surface area contributed by atoms with Gasteiger partial charge >= 0.3 is 0 Å². The van der Waals surface area contributed by atoms with Crippen LogP contribution in [0.15, 0.2) is 54.9 Å². The molecule has 1 aromatic heterocycles. The number of halogens is 1. The molecule has 0 N–H and O–H groups in total. The maximum Gasteiger partial charge on any atom is 0.261 e. The summed E-state index contributed by atoms with van der Waals surface area (Å²) < 4.78 is 12.2. The van der Waals surface area contributed by atoms with E-state index in [9.17, 15) is 4.79 Å². The van der Waals surface area contributed by atoms with Crippen LogP contribution in [0.3, 0.4) is 0 Å². The number of hydrogen-bond acceptors (Lipinski definition) is 4. The van der Waals surface area contributed by atoms with Gasteiger partial charge in [-0.25, -0.2) is 0 Å². The van der Waals surface area contributed by atoms with Crippen molar-refractivity contribution >= 4 is 23.2 Å². The molecule has 7 heteroatoms. The second-order valence-electron chi connectivity index (χ2n) is 5.92. The largest absolute Gasteiger partial charge is 0.493 e. The van der Waals surface area contributed by atoms with E-state index in [0.29, 0.717) is 34.3 Å². The number of aromatic nitrogens is 2. The van der Waals surface area contributed by atoms with Crippen LogP contribution in [0.5, 0.6) is 11.5 Å². The fourth-order valence-electron chi connectivity index (χ4n) is 2.71. The fraction of sp³-hybridized carbons (Fsp3) is 0.200. The van der Waals surface area contributed by atoms with E-state index < -0.39 is 0 Å². The Morgan fingerprint density at radius 1 is 1.15 bits per heavy atom. The molecule has 1 heterocycles. The molecule has 0 aliphatic heterocycles. The number of nitrogens with zero attached hydrogens (tertiary/aromatic N) is 3. The predicted octanol–water partition coefficient (Wildman–Crippen LogP) is 3.88. The predicted molar refractivity (Wildman–Crippen MR) is 105 cm³/mol. The molecule has 0 unspecified atom stereocenters. The SMILES string of the molecule is COc1ccc(N(C)C(=O)c2cnn(Cc3ccccc3Cl)c2)cc1OC. The van der Waals surface area contributed by atoms with Gasteiger partial charge in [0.2, 0.25) is 0 Å². The number of benzene rings is 2. The number of carbonyl (C=O) groups excluding carboxylic acids is 1. The molecule has 0 spiro atoms. The molecule has 0 saturated carbocycles.